The molecule has 0 unspecified atom stereocenters. The molecule has 0 fully saturated rings. The molecule has 1 aliphatic rings. The molecule has 0 radical (unpaired) electrons. The minimum Gasteiger partial charge on any atom is -0.329 e. The van der Waals surface area contributed by atoms with Crippen LogP contribution in [0.15, 0.2) is 11.6 Å². The fourth-order valence-electron chi connectivity index (χ4n) is 2.03. The maximum atomic E-state index is 5.80. The Balaban J connectivity index is 2.66. The lowest BCUT2D eigenvalue weighted by Crippen LogP contribution is -2.51. The van der Waals surface area contributed by atoms with E-state index < -0.39 is 0 Å². The Labute approximate surface area is 94.5 Å². The third kappa shape index (κ3) is 3.05. The van der Waals surface area contributed by atoms with Crippen LogP contribution in [0.5, 0.6) is 0 Å². The highest BCUT2D eigenvalue weighted by atomic mass is 15.2. The zero-order valence-corrected chi connectivity index (χ0v) is 10.9. The molecule has 0 spiro atoms. The lowest BCUT2D eigenvalue weighted by atomic mass is 9.82. The molecule has 1 rings (SSSR count). The SMILES string of the molecule is CC(C)(C)C1=CCN(C(C)(C)CN)CC1. The Morgan fingerprint density at radius 3 is 2.20 bits per heavy atom. The van der Waals surface area contributed by atoms with E-state index in [0.29, 0.717) is 5.41 Å². The highest BCUT2D eigenvalue weighted by Gasteiger charge is 2.28. The summed E-state index contributed by atoms with van der Waals surface area (Å²) in [5.74, 6) is 0. The van der Waals surface area contributed by atoms with E-state index in [-0.39, 0.29) is 5.54 Å². The molecule has 0 aromatic heterocycles. The zero-order valence-electron chi connectivity index (χ0n) is 10.9. The lowest BCUT2D eigenvalue weighted by Gasteiger charge is -2.41. The predicted octanol–water partition coefficient (Wildman–Crippen LogP) is 2.40. The quantitative estimate of drug-likeness (QED) is 0.709. The van der Waals surface area contributed by atoms with Crippen molar-refractivity contribution < 1.29 is 0 Å². The Kier molecular flexibility index (Phi) is 3.62. The Morgan fingerprint density at radius 1 is 1.27 bits per heavy atom. The molecular formula is C13H26N2. The van der Waals surface area contributed by atoms with Crippen LogP contribution in [0.25, 0.3) is 0 Å². The lowest BCUT2D eigenvalue weighted by molar-refractivity contribution is 0.134. The second-order valence-electron chi connectivity index (χ2n) is 6.19. The predicted molar refractivity (Wildman–Crippen MR) is 66.9 cm³/mol. The monoisotopic (exact) mass is 210 g/mol. The first-order valence-corrected chi connectivity index (χ1v) is 5.92. The number of rotatable bonds is 2. The molecule has 15 heavy (non-hydrogen) atoms. The van der Waals surface area contributed by atoms with Gasteiger partial charge in [0.15, 0.2) is 0 Å². The van der Waals surface area contributed by atoms with Gasteiger partial charge in [-0.2, -0.15) is 0 Å². The van der Waals surface area contributed by atoms with Crippen LogP contribution in [0, 0.1) is 5.41 Å². The average molecular weight is 210 g/mol. The van der Waals surface area contributed by atoms with Gasteiger partial charge in [-0.05, 0) is 25.7 Å². The highest BCUT2D eigenvalue weighted by Crippen LogP contribution is 2.31. The molecule has 2 N–H and O–H groups in total. The van der Waals surface area contributed by atoms with E-state index in [4.69, 9.17) is 5.73 Å². The summed E-state index contributed by atoms with van der Waals surface area (Å²) in [7, 11) is 0. The van der Waals surface area contributed by atoms with Gasteiger partial charge in [-0.3, -0.25) is 4.90 Å². The van der Waals surface area contributed by atoms with E-state index in [0.717, 1.165) is 19.6 Å². The van der Waals surface area contributed by atoms with Gasteiger partial charge in [-0.25, -0.2) is 0 Å². The normalized spacial score (nSPS) is 20.3. The van der Waals surface area contributed by atoms with Gasteiger partial charge in [0.1, 0.15) is 0 Å². The van der Waals surface area contributed by atoms with E-state index in [2.05, 4.69) is 45.6 Å². The summed E-state index contributed by atoms with van der Waals surface area (Å²) in [6, 6.07) is 0. The molecule has 0 saturated carbocycles. The fourth-order valence-corrected chi connectivity index (χ4v) is 2.03. The summed E-state index contributed by atoms with van der Waals surface area (Å²) in [6.07, 6.45) is 3.58. The summed E-state index contributed by atoms with van der Waals surface area (Å²) >= 11 is 0. The van der Waals surface area contributed by atoms with Gasteiger partial charge >= 0.3 is 0 Å². The molecule has 0 bridgehead atoms. The van der Waals surface area contributed by atoms with Crippen molar-refractivity contribution in [2.24, 2.45) is 11.1 Å². The van der Waals surface area contributed by atoms with Crippen LogP contribution >= 0.6 is 0 Å². The van der Waals surface area contributed by atoms with Crippen molar-refractivity contribution >= 4 is 0 Å². The second-order valence-corrected chi connectivity index (χ2v) is 6.19. The number of nitrogens with two attached hydrogens (primary N) is 1. The van der Waals surface area contributed by atoms with Gasteiger partial charge < -0.3 is 5.73 Å². The molecule has 0 aromatic carbocycles. The molecule has 0 aliphatic carbocycles. The van der Waals surface area contributed by atoms with Crippen LogP contribution < -0.4 is 5.73 Å². The molecule has 1 aliphatic heterocycles. The second kappa shape index (κ2) is 4.26. The van der Waals surface area contributed by atoms with Gasteiger partial charge in [0.25, 0.3) is 0 Å². The van der Waals surface area contributed by atoms with E-state index in [1.54, 1.807) is 5.57 Å². The number of hydrogen-bond acceptors (Lipinski definition) is 2. The van der Waals surface area contributed by atoms with Crippen molar-refractivity contribution in [1.82, 2.24) is 4.90 Å². The Morgan fingerprint density at radius 2 is 1.87 bits per heavy atom. The summed E-state index contributed by atoms with van der Waals surface area (Å²) in [5.41, 5.74) is 7.86. The molecule has 0 amide bonds. The van der Waals surface area contributed by atoms with Crippen molar-refractivity contribution in [3.05, 3.63) is 11.6 Å². The van der Waals surface area contributed by atoms with Crippen LogP contribution in [0.1, 0.15) is 41.0 Å². The molecule has 0 aromatic rings. The maximum Gasteiger partial charge on any atom is 0.0278 e. The van der Waals surface area contributed by atoms with Crippen molar-refractivity contribution in [2.75, 3.05) is 19.6 Å². The number of nitrogens with zero attached hydrogens (tertiary/aromatic N) is 1. The topological polar surface area (TPSA) is 29.3 Å². The smallest absolute Gasteiger partial charge is 0.0278 e. The Hall–Kier alpha value is -0.340. The van der Waals surface area contributed by atoms with Crippen LogP contribution in [-0.2, 0) is 0 Å². The molecule has 2 nitrogen and oxygen atoms in total. The summed E-state index contributed by atoms with van der Waals surface area (Å²) < 4.78 is 0. The number of hydrogen-bond donors (Lipinski definition) is 1. The van der Waals surface area contributed by atoms with Crippen molar-refractivity contribution in [3.63, 3.8) is 0 Å². The first-order valence-electron chi connectivity index (χ1n) is 5.92. The first-order chi connectivity index (χ1) is 6.77. The first kappa shape index (κ1) is 12.7. The average Bonchev–Trinajstić information content (AvgIpc) is 2.17. The van der Waals surface area contributed by atoms with Gasteiger partial charge in [0.2, 0.25) is 0 Å². The van der Waals surface area contributed by atoms with E-state index in [1.165, 1.54) is 6.42 Å². The van der Waals surface area contributed by atoms with Crippen molar-refractivity contribution in [2.45, 2.75) is 46.6 Å². The van der Waals surface area contributed by atoms with Gasteiger partial charge in [-0.15, -0.1) is 0 Å². The third-order valence-electron chi connectivity index (χ3n) is 3.53. The van der Waals surface area contributed by atoms with Crippen LogP contribution in [0.2, 0.25) is 0 Å². The largest absolute Gasteiger partial charge is 0.329 e. The van der Waals surface area contributed by atoms with Crippen LogP contribution in [0.3, 0.4) is 0 Å². The van der Waals surface area contributed by atoms with Gasteiger partial charge in [-0.1, -0.05) is 32.4 Å². The van der Waals surface area contributed by atoms with Crippen LogP contribution in [0.4, 0.5) is 0 Å². The van der Waals surface area contributed by atoms with E-state index in [1.807, 2.05) is 0 Å². The molecular weight excluding hydrogens is 184 g/mol. The van der Waals surface area contributed by atoms with Gasteiger partial charge in [0.05, 0.1) is 0 Å². The fraction of sp³-hybridized carbons (Fsp3) is 0.846. The molecule has 2 heteroatoms. The molecule has 88 valence electrons. The molecule has 0 atom stereocenters. The summed E-state index contributed by atoms with van der Waals surface area (Å²) in [4.78, 5) is 2.47. The minimum atomic E-state index is 0.139. The Bertz CT molecular complexity index is 246. The molecule has 1 heterocycles. The summed E-state index contributed by atoms with van der Waals surface area (Å²) in [6.45, 7) is 14.3. The zero-order chi connectivity index (χ0) is 11.7. The standard InChI is InChI=1S/C13H26N2/c1-12(2,3)11-6-8-15(9-7-11)13(4,5)10-14/h6H,7-10,14H2,1-5H3. The minimum absolute atomic E-state index is 0.139. The van der Waals surface area contributed by atoms with E-state index >= 15 is 0 Å². The van der Waals surface area contributed by atoms with E-state index in [9.17, 15) is 0 Å². The third-order valence-corrected chi connectivity index (χ3v) is 3.53. The van der Waals surface area contributed by atoms with Crippen LogP contribution in [-0.4, -0.2) is 30.1 Å². The van der Waals surface area contributed by atoms with Gasteiger partial charge in [0, 0.05) is 25.2 Å². The van der Waals surface area contributed by atoms with Crippen molar-refractivity contribution in [1.29, 1.82) is 0 Å². The maximum absolute atomic E-state index is 5.80. The van der Waals surface area contributed by atoms with Crippen molar-refractivity contribution in [3.8, 4) is 0 Å². The summed E-state index contributed by atoms with van der Waals surface area (Å²) in [5, 5.41) is 0. The molecule has 0 saturated heterocycles. The highest BCUT2D eigenvalue weighted by molar-refractivity contribution is 5.15.